The number of anilines is 1. The maximum atomic E-state index is 13.2. The van der Waals surface area contributed by atoms with E-state index in [9.17, 15) is 24.5 Å². The largest absolute Gasteiger partial charge is 0.493 e. The number of amides is 4. The Hall–Kier alpha value is -4.99. The number of carbonyl (C=O) groups excluding carboxylic acids is 3. The maximum absolute atomic E-state index is 13.2. The summed E-state index contributed by atoms with van der Waals surface area (Å²) in [4.78, 5) is 49.7. The van der Waals surface area contributed by atoms with E-state index in [-0.39, 0.29) is 17.9 Å². The number of nitro benzene ring substituents is 1. The third kappa shape index (κ3) is 5.48. The normalized spacial score (nSPS) is 14.5. The van der Waals surface area contributed by atoms with Crippen LogP contribution in [0.5, 0.6) is 11.5 Å². The van der Waals surface area contributed by atoms with Gasteiger partial charge in [0.2, 0.25) is 0 Å². The molecule has 37 heavy (non-hydrogen) atoms. The number of aryl methyl sites for hydroxylation is 2. The van der Waals surface area contributed by atoms with E-state index in [1.54, 1.807) is 42.5 Å². The summed E-state index contributed by atoms with van der Waals surface area (Å²) < 4.78 is 11.2. The second kappa shape index (κ2) is 10.3. The molecular formula is C27H23N3O7. The summed E-state index contributed by atoms with van der Waals surface area (Å²) in [6.45, 7) is 3.76. The molecule has 0 aliphatic carbocycles. The van der Waals surface area contributed by atoms with Crippen LogP contribution in [0.25, 0.3) is 6.08 Å². The molecule has 1 aliphatic heterocycles. The first kappa shape index (κ1) is 25.1. The van der Waals surface area contributed by atoms with Crippen molar-refractivity contribution in [1.29, 1.82) is 0 Å². The maximum Gasteiger partial charge on any atom is 0.335 e. The van der Waals surface area contributed by atoms with Crippen molar-refractivity contribution in [3.05, 3.63) is 98.6 Å². The molecule has 10 nitrogen and oxygen atoms in total. The smallest absolute Gasteiger partial charge is 0.335 e. The number of benzene rings is 3. The average molecular weight is 501 g/mol. The van der Waals surface area contributed by atoms with Crippen molar-refractivity contribution < 1.29 is 28.8 Å². The van der Waals surface area contributed by atoms with E-state index in [4.69, 9.17) is 9.47 Å². The SMILES string of the molecule is COc1cc(/C=C2\C(=O)NC(=O)N(c3cc(C)cc(C)c3)C2=O)ccc1OCc1cccc([N+](=O)[O-])c1. The van der Waals surface area contributed by atoms with Crippen LogP contribution in [-0.2, 0) is 16.2 Å². The summed E-state index contributed by atoms with van der Waals surface area (Å²) in [7, 11) is 1.44. The van der Waals surface area contributed by atoms with Crippen molar-refractivity contribution in [2.45, 2.75) is 20.5 Å². The number of barbiturate groups is 1. The minimum absolute atomic E-state index is 0.0428. The molecule has 3 aromatic carbocycles. The molecule has 0 unspecified atom stereocenters. The summed E-state index contributed by atoms with van der Waals surface area (Å²) in [5.41, 5.74) is 2.90. The molecule has 1 aliphatic rings. The molecule has 1 saturated heterocycles. The van der Waals surface area contributed by atoms with Crippen molar-refractivity contribution in [1.82, 2.24) is 5.32 Å². The summed E-state index contributed by atoms with van der Waals surface area (Å²) in [5, 5.41) is 13.2. The number of nitro groups is 1. The number of non-ortho nitro benzene ring substituents is 1. The summed E-state index contributed by atoms with van der Waals surface area (Å²) in [6, 6.07) is 15.3. The Morgan fingerprint density at radius 2 is 1.70 bits per heavy atom. The number of carbonyl (C=O) groups is 3. The van der Waals surface area contributed by atoms with Crippen LogP contribution in [0.4, 0.5) is 16.2 Å². The van der Waals surface area contributed by atoms with Gasteiger partial charge in [0.1, 0.15) is 12.2 Å². The third-order valence-corrected chi connectivity index (χ3v) is 5.58. The number of nitrogens with one attached hydrogen (secondary N) is 1. The van der Waals surface area contributed by atoms with Crippen LogP contribution in [0.1, 0.15) is 22.3 Å². The zero-order chi connectivity index (χ0) is 26.7. The zero-order valence-corrected chi connectivity index (χ0v) is 20.3. The van der Waals surface area contributed by atoms with Gasteiger partial charge in [-0.25, -0.2) is 9.69 Å². The van der Waals surface area contributed by atoms with Crippen LogP contribution < -0.4 is 19.7 Å². The van der Waals surface area contributed by atoms with E-state index < -0.39 is 22.8 Å². The fraction of sp³-hybridized carbons (Fsp3) is 0.148. The monoisotopic (exact) mass is 501 g/mol. The van der Waals surface area contributed by atoms with E-state index in [0.29, 0.717) is 28.3 Å². The summed E-state index contributed by atoms with van der Waals surface area (Å²) in [6.07, 6.45) is 1.37. The van der Waals surface area contributed by atoms with E-state index in [0.717, 1.165) is 16.0 Å². The van der Waals surface area contributed by atoms with Gasteiger partial charge in [-0.2, -0.15) is 0 Å². The van der Waals surface area contributed by atoms with Crippen molar-refractivity contribution >= 4 is 35.3 Å². The summed E-state index contributed by atoms with van der Waals surface area (Å²) >= 11 is 0. The molecule has 0 bridgehead atoms. The molecule has 0 radical (unpaired) electrons. The number of nitrogens with zero attached hydrogens (tertiary/aromatic N) is 2. The van der Waals surface area contributed by atoms with Gasteiger partial charge in [0.05, 0.1) is 17.7 Å². The highest BCUT2D eigenvalue weighted by molar-refractivity contribution is 6.39. The minimum atomic E-state index is -0.820. The van der Waals surface area contributed by atoms with Gasteiger partial charge < -0.3 is 9.47 Å². The Balaban J connectivity index is 1.59. The first-order chi connectivity index (χ1) is 17.7. The predicted molar refractivity (Wildman–Crippen MR) is 135 cm³/mol. The van der Waals surface area contributed by atoms with E-state index in [1.165, 1.54) is 25.3 Å². The first-order valence-electron chi connectivity index (χ1n) is 11.2. The van der Waals surface area contributed by atoms with Crippen LogP contribution in [0.2, 0.25) is 0 Å². The number of hydrogen-bond donors (Lipinski definition) is 1. The molecule has 4 rings (SSSR count). The second-order valence-corrected chi connectivity index (χ2v) is 8.43. The Bertz CT molecular complexity index is 1440. The van der Waals surface area contributed by atoms with Crippen LogP contribution in [-0.4, -0.2) is 29.9 Å². The molecule has 4 amide bonds. The standard InChI is InChI=1S/C27H23N3O7/c1-16-9-17(2)11-21(10-16)29-26(32)22(25(31)28-27(29)33)13-18-7-8-23(24(14-18)36-3)37-15-19-5-4-6-20(12-19)30(34)35/h4-14H,15H2,1-3H3,(H,28,31,33)/b22-13+. The lowest BCUT2D eigenvalue weighted by atomic mass is 10.0. The number of imide groups is 2. The van der Waals surface area contributed by atoms with Gasteiger partial charge in [-0.1, -0.05) is 24.3 Å². The van der Waals surface area contributed by atoms with Crippen molar-refractivity contribution in [3.63, 3.8) is 0 Å². The number of urea groups is 1. The van der Waals surface area contributed by atoms with E-state index >= 15 is 0 Å². The molecule has 0 atom stereocenters. The third-order valence-electron chi connectivity index (χ3n) is 5.58. The van der Waals surface area contributed by atoms with Gasteiger partial charge in [-0.15, -0.1) is 0 Å². The Kier molecular flexibility index (Phi) is 7.01. The number of rotatable bonds is 7. The van der Waals surface area contributed by atoms with Crippen molar-refractivity contribution in [2.75, 3.05) is 12.0 Å². The average Bonchev–Trinajstić information content (AvgIpc) is 2.85. The number of hydrogen-bond acceptors (Lipinski definition) is 7. The Morgan fingerprint density at radius 3 is 2.38 bits per heavy atom. The fourth-order valence-corrected chi connectivity index (χ4v) is 3.95. The van der Waals surface area contributed by atoms with Crippen molar-refractivity contribution in [3.8, 4) is 11.5 Å². The lowest BCUT2D eigenvalue weighted by Crippen LogP contribution is -2.54. The molecule has 0 spiro atoms. The predicted octanol–water partition coefficient (Wildman–Crippen LogP) is 4.47. The van der Waals surface area contributed by atoms with Crippen LogP contribution in [0.15, 0.2) is 66.2 Å². The molecule has 3 aromatic rings. The van der Waals surface area contributed by atoms with E-state index in [1.807, 2.05) is 19.9 Å². The molecule has 1 N–H and O–H groups in total. The molecule has 1 heterocycles. The van der Waals surface area contributed by atoms with Crippen LogP contribution >= 0.6 is 0 Å². The van der Waals surface area contributed by atoms with Crippen molar-refractivity contribution in [2.24, 2.45) is 0 Å². The lowest BCUT2D eigenvalue weighted by Gasteiger charge is -2.27. The number of ether oxygens (including phenoxy) is 2. The van der Waals surface area contributed by atoms with Gasteiger partial charge in [0, 0.05) is 12.1 Å². The number of methoxy groups -OCH3 is 1. The second-order valence-electron chi connectivity index (χ2n) is 8.43. The lowest BCUT2D eigenvalue weighted by molar-refractivity contribution is -0.384. The highest BCUT2D eigenvalue weighted by Crippen LogP contribution is 2.31. The van der Waals surface area contributed by atoms with Crippen LogP contribution in [0.3, 0.4) is 0 Å². The van der Waals surface area contributed by atoms with Gasteiger partial charge >= 0.3 is 6.03 Å². The highest BCUT2D eigenvalue weighted by Gasteiger charge is 2.37. The Morgan fingerprint density at radius 1 is 0.973 bits per heavy atom. The molecule has 0 aromatic heterocycles. The highest BCUT2D eigenvalue weighted by atomic mass is 16.6. The quantitative estimate of drug-likeness (QED) is 0.219. The van der Waals surface area contributed by atoms with Gasteiger partial charge in [-0.05, 0) is 66.4 Å². The molecule has 10 heteroatoms. The van der Waals surface area contributed by atoms with Gasteiger partial charge in [0.15, 0.2) is 11.5 Å². The summed E-state index contributed by atoms with van der Waals surface area (Å²) in [5.74, 6) is -0.863. The molecule has 0 saturated carbocycles. The topological polar surface area (TPSA) is 128 Å². The van der Waals surface area contributed by atoms with E-state index in [2.05, 4.69) is 5.32 Å². The Labute approximate surface area is 212 Å². The van der Waals surface area contributed by atoms with Gasteiger partial charge in [0.25, 0.3) is 17.5 Å². The molecular weight excluding hydrogens is 478 g/mol. The zero-order valence-electron chi connectivity index (χ0n) is 20.3. The van der Waals surface area contributed by atoms with Crippen LogP contribution in [0, 0.1) is 24.0 Å². The first-order valence-corrected chi connectivity index (χ1v) is 11.2. The fourth-order valence-electron chi connectivity index (χ4n) is 3.95. The minimum Gasteiger partial charge on any atom is -0.493 e. The molecule has 188 valence electrons. The van der Waals surface area contributed by atoms with Gasteiger partial charge in [-0.3, -0.25) is 25.0 Å². The molecule has 1 fully saturated rings.